The molecule has 2 aromatic rings. The van der Waals surface area contributed by atoms with Gasteiger partial charge in [-0.1, -0.05) is 11.6 Å². The number of halogens is 6. The number of hydrogen-bond donors (Lipinski definition) is 2. The van der Waals surface area contributed by atoms with Gasteiger partial charge in [0, 0.05) is 0 Å². The summed E-state index contributed by atoms with van der Waals surface area (Å²) in [6, 6.07) is 0. The second-order valence-electron chi connectivity index (χ2n) is 3.47. The van der Waals surface area contributed by atoms with E-state index in [4.69, 9.17) is 11.6 Å². The predicted molar refractivity (Wildman–Crippen MR) is 55.1 cm³/mol. The minimum atomic E-state index is -5.24. The Balaban J connectivity index is 3.16. The fourth-order valence-corrected chi connectivity index (χ4v) is 1.70. The van der Waals surface area contributed by atoms with E-state index in [1.165, 1.54) is 4.98 Å². The van der Waals surface area contributed by atoms with Gasteiger partial charge in [-0.05, 0) is 0 Å². The summed E-state index contributed by atoms with van der Waals surface area (Å²) in [5.41, 5.74) is -7.05. The SMILES string of the molecule is O=c1[nH]c2c(F)c(Cl)c(F)c(C(F)(F)F)c2[nH]c1=O. The molecule has 1 aromatic carbocycles. The molecule has 0 unspecified atom stereocenters. The highest BCUT2D eigenvalue weighted by molar-refractivity contribution is 6.31. The van der Waals surface area contributed by atoms with E-state index in [1.807, 2.05) is 0 Å². The molecule has 2 rings (SSSR count). The van der Waals surface area contributed by atoms with Crippen LogP contribution in [0.4, 0.5) is 22.0 Å². The molecule has 0 amide bonds. The van der Waals surface area contributed by atoms with Crippen LogP contribution >= 0.6 is 11.6 Å². The molecule has 0 bridgehead atoms. The van der Waals surface area contributed by atoms with Gasteiger partial charge in [0.1, 0.15) is 16.1 Å². The second kappa shape index (κ2) is 4.05. The third-order valence-electron chi connectivity index (χ3n) is 2.29. The Bertz CT molecular complexity index is 792. The van der Waals surface area contributed by atoms with Crippen LogP contribution < -0.4 is 11.1 Å². The van der Waals surface area contributed by atoms with Crippen molar-refractivity contribution < 1.29 is 22.0 Å². The van der Waals surface area contributed by atoms with Crippen molar-refractivity contribution in [1.82, 2.24) is 9.97 Å². The van der Waals surface area contributed by atoms with Crippen molar-refractivity contribution in [2.75, 3.05) is 0 Å². The predicted octanol–water partition coefficient (Wildman–Crippen LogP) is 2.17. The minimum absolute atomic E-state index is 1.02. The Morgan fingerprint density at radius 1 is 0.895 bits per heavy atom. The maximum absolute atomic E-state index is 13.5. The van der Waals surface area contributed by atoms with Crippen LogP contribution in [0, 0.1) is 11.6 Å². The molecular formula is C9H2ClF5N2O2. The van der Waals surface area contributed by atoms with E-state index in [9.17, 15) is 31.5 Å². The zero-order chi connectivity index (χ0) is 14.5. The molecule has 0 fully saturated rings. The molecule has 0 aliphatic rings. The molecule has 10 heteroatoms. The molecule has 0 spiro atoms. The van der Waals surface area contributed by atoms with Crippen molar-refractivity contribution in [3.05, 3.63) is 42.9 Å². The van der Waals surface area contributed by atoms with Crippen molar-refractivity contribution in [2.24, 2.45) is 0 Å². The maximum Gasteiger partial charge on any atom is 0.421 e. The highest BCUT2D eigenvalue weighted by Gasteiger charge is 2.39. The van der Waals surface area contributed by atoms with E-state index in [1.54, 1.807) is 4.98 Å². The summed E-state index contributed by atoms with van der Waals surface area (Å²) in [5, 5.41) is -1.43. The molecular weight excluding hydrogens is 299 g/mol. The molecule has 4 nitrogen and oxygen atoms in total. The van der Waals surface area contributed by atoms with Crippen LogP contribution in [-0.2, 0) is 6.18 Å². The van der Waals surface area contributed by atoms with Gasteiger partial charge in [-0.15, -0.1) is 0 Å². The van der Waals surface area contributed by atoms with Gasteiger partial charge >= 0.3 is 17.3 Å². The quantitative estimate of drug-likeness (QED) is 0.445. The molecule has 1 heterocycles. The first-order valence-corrected chi connectivity index (χ1v) is 4.92. The van der Waals surface area contributed by atoms with Crippen LogP contribution in [0.15, 0.2) is 9.59 Å². The largest absolute Gasteiger partial charge is 0.421 e. The number of H-pyrrole nitrogens is 2. The van der Waals surface area contributed by atoms with Crippen molar-refractivity contribution >= 4 is 22.6 Å². The fourth-order valence-electron chi connectivity index (χ4n) is 1.51. The number of alkyl halides is 3. The zero-order valence-corrected chi connectivity index (χ0v) is 9.34. The number of rotatable bonds is 0. The monoisotopic (exact) mass is 300 g/mol. The van der Waals surface area contributed by atoms with E-state index in [0.29, 0.717) is 0 Å². The number of hydrogen-bond acceptors (Lipinski definition) is 2. The molecule has 102 valence electrons. The molecule has 0 aliphatic heterocycles. The zero-order valence-electron chi connectivity index (χ0n) is 8.58. The highest BCUT2D eigenvalue weighted by Crippen LogP contribution is 2.39. The Kier molecular flexibility index (Phi) is 2.89. The molecule has 19 heavy (non-hydrogen) atoms. The van der Waals surface area contributed by atoms with Crippen molar-refractivity contribution in [2.45, 2.75) is 6.18 Å². The van der Waals surface area contributed by atoms with Gasteiger partial charge in [0.2, 0.25) is 0 Å². The number of nitrogens with one attached hydrogen (secondary N) is 2. The molecule has 0 saturated carbocycles. The minimum Gasteiger partial charge on any atom is -0.315 e. The summed E-state index contributed by atoms with van der Waals surface area (Å²) in [7, 11) is 0. The molecule has 0 aliphatic carbocycles. The standard InChI is InChI=1S/C9H2ClF5N2O2/c10-2-3(11)1(9(13,14)15)5-6(4(2)12)17-8(19)7(18)16-5/h(H,16,18)(H,17,19). The number of aromatic nitrogens is 2. The molecule has 0 radical (unpaired) electrons. The average molecular weight is 301 g/mol. The summed E-state index contributed by atoms with van der Waals surface area (Å²) < 4.78 is 65.0. The van der Waals surface area contributed by atoms with Gasteiger partial charge in [-0.3, -0.25) is 9.59 Å². The van der Waals surface area contributed by atoms with E-state index >= 15 is 0 Å². The van der Waals surface area contributed by atoms with Crippen LogP contribution in [-0.4, -0.2) is 9.97 Å². The van der Waals surface area contributed by atoms with Crippen LogP contribution in [0.5, 0.6) is 0 Å². The van der Waals surface area contributed by atoms with Crippen LogP contribution in [0.2, 0.25) is 5.02 Å². The third kappa shape index (κ3) is 1.99. The molecule has 2 N–H and O–H groups in total. The van der Waals surface area contributed by atoms with Crippen LogP contribution in [0.3, 0.4) is 0 Å². The number of benzene rings is 1. The average Bonchev–Trinajstić information content (AvgIpc) is 2.28. The Morgan fingerprint density at radius 2 is 1.37 bits per heavy atom. The Morgan fingerprint density at radius 3 is 1.84 bits per heavy atom. The highest BCUT2D eigenvalue weighted by atomic mass is 35.5. The first-order valence-electron chi connectivity index (χ1n) is 4.54. The lowest BCUT2D eigenvalue weighted by Crippen LogP contribution is -2.30. The Labute approximate surface area is 104 Å². The lowest BCUT2D eigenvalue weighted by atomic mass is 10.1. The fraction of sp³-hybridized carbons (Fsp3) is 0.111. The summed E-state index contributed by atoms with van der Waals surface area (Å²) >= 11 is 5.10. The van der Waals surface area contributed by atoms with E-state index in [-0.39, 0.29) is 0 Å². The van der Waals surface area contributed by atoms with E-state index < -0.39 is 50.5 Å². The van der Waals surface area contributed by atoms with Gasteiger partial charge in [-0.2, -0.15) is 13.2 Å². The van der Waals surface area contributed by atoms with E-state index in [2.05, 4.69) is 0 Å². The van der Waals surface area contributed by atoms with Crippen LogP contribution in [0.1, 0.15) is 5.56 Å². The smallest absolute Gasteiger partial charge is 0.315 e. The van der Waals surface area contributed by atoms with E-state index in [0.717, 1.165) is 0 Å². The summed E-state index contributed by atoms with van der Waals surface area (Å²) in [5.74, 6) is -3.67. The first kappa shape index (κ1) is 13.5. The van der Waals surface area contributed by atoms with Crippen molar-refractivity contribution in [1.29, 1.82) is 0 Å². The van der Waals surface area contributed by atoms with Gasteiger partial charge in [-0.25, -0.2) is 8.78 Å². The van der Waals surface area contributed by atoms with Crippen molar-refractivity contribution in [3.63, 3.8) is 0 Å². The number of fused-ring (bicyclic) bond motifs is 1. The van der Waals surface area contributed by atoms with Crippen molar-refractivity contribution in [3.8, 4) is 0 Å². The van der Waals surface area contributed by atoms with Crippen LogP contribution in [0.25, 0.3) is 11.0 Å². The first-order chi connectivity index (χ1) is 8.64. The Hall–Kier alpha value is -1.90. The normalized spacial score (nSPS) is 12.1. The summed E-state index contributed by atoms with van der Waals surface area (Å²) in [4.78, 5) is 25.0. The van der Waals surface area contributed by atoms with Gasteiger partial charge < -0.3 is 9.97 Å². The number of aromatic amines is 2. The lowest BCUT2D eigenvalue weighted by molar-refractivity contribution is -0.138. The molecule has 1 aromatic heterocycles. The maximum atomic E-state index is 13.5. The molecule has 0 saturated heterocycles. The van der Waals surface area contributed by atoms with Gasteiger partial charge in [0.05, 0.1) is 5.52 Å². The lowest BCUT2D eigenvalue weighted by Gasteiger charge is -2.12. The van der Waals surface area contributed by atoms with Gasteiger partial charge in [0.25, 0.3) is 0 Å². The third-order valence-corrected chi connectivity index (χ3v) is 2.62. The molecule has 0 atom stereocenters. The van der Waals surface area contributed by atoms with Gasteiger partial charge in [0.15, 0.2) is 11.6 Å². The summed E-state index contributed by atoms with van der Waals surface area (Å²) in [6.45, 7) is 0. The summed E-state index contributed by atoms with van der Waals surface area (Å²) in [6.07, 6.45) is -5.24. The second-order valence-corrected chi connectivity index (χ2v) is 3.85. The topological polar surface area (TPSA) is 65.7 Å².